The number of hydrogen-bond acceptors (Lipinski definition) is 6. The van der Waals surface area contributed by atoms with Crippen molar-refractivity contribution in [2.45, 2.75) is 0 Å². The molecule has 3 aromatic rings. The molecule has 0 bridgehead atoms. The lowest BCUT2D eigenvalue weighted by Gasteiger charge is -2.05. The van der Waals surface area contributed by atoms with E-state index in [1.54, 1.807) is 48.5 Å². The highest BCUT2D eigenvalue weighted by Gasteiger charge is 2.14. The number of hydrazone groups is 1. The average molecular weight is 353 g/mol. The maximum Gasteiger partial charge on any atom is 0.329 e. The normalized spacial score (nSPS) is 10.8. The summed E-state index contributed by atoms with van der Waals surface area (Å²) in [4.78, 5) is 23.6. The van der Waals surface area contributed by atoms with Crippen molar-refractivity contribution < 1.29 is 23.8 Å². The van der Waals surface area contributed by atoms with Gasteiger partial charge < -0.3 is 19.6 Å². The molecule has 3 N–H and O–H groups in total. The Morgan fingerprint density at radius 1 is 1.08 bits per heavy atom. The molecule has 2 amide bonds. The van der Waals surface area contributed by atoms with Gasteiger partial charge in [0.1, 0.15) is 5.75 Å². The Morgan fingerprint density at radius 2 is 1.77 bits per heavy atom. The second-order valence-corrected chi connectivity index (χ2v) is 5.20. The summed E-state index contributed by atoms with van der Waals surface area (Å²) in [5.41, 5.74) is 2.54. The number of rotatable bonds is 4. The topological polar surface area (TPSA) is 113 Å². The highest BCUT2D eigenvalue weighted by Crippen LogP contribution is 2.29. The molecule has 0 aliphatic rings. The predicted molar refractivity (Wildman–Crippen MR) is 95.2 cm³/mol. The van der Waals surface area contributed by atoms with E-state index in [1.165, 1.54) is 13.3 Å². The van der Waals surface area contributed by atoms with Gasteiger partial charge in [-0.1, -0.05) is 18.2 Å². The Bertz CT molecular complexity index is 976. The fourth-order valence-electron chi connectivity index (χ4n) is 2.26. The maximum atomic E-state index is 11.8. The molecular weight excluding hydrogens is 338 g/mol. The summed E-state index contributed by atoms with van der Waals surface area (Å²) in [6, 6.07) is 13.5. The van der Waals surface area contributed by atoms with Crippen LogP contribution >= 0.6 is 0 Å². The third-order valence-electron chi connectivity index (χ3n) is 3.53. The number of fused-ring (bicyclic) bond motifs is 1. The zero-order valence-corrected chi connectivity index (χ0v) is 13.7. The smallest absolute Gasteiger partial charge is 0.329 e. The van der Waals surface area contributed by atoms with E-state index in [2.05, 4.69) is 15.8 Å². The summed E-state index contributed by atoms with van der Waals surface area (Å²) in [6.07, 6.45) is 1.21. The van der Waals surface area contributed by atoms with Crippen molar-refractivity contribution in [3.05, 3.63) is 54.3 Å². The van der Waals surface area contributed by atoms with Crippen molar-refractivity contribution in [2.75, 3.05) is 12.4 Å². The van der Waals surface area contributed by atoms with Gasteiger partial charge in [-0.05, 0) is 30.3 Å². The van der Waals surface area contributed by atoms with Gasteiger partial charge in [-0.2, -0.15) is 5.10 Å². The molecule has 2 aromatic carbocycles. The molecule has 1 aromatic heterocycles. The summed E-state index contributed by atoms with van der Waals surface area (Å²) < 4.78 is 10.2. The van der Waals surface area contributed by atoms with Crippen molar-refractivity contribution >= 4 is 34.5 Å². The number of ether oxygens (including phenoxy) is 1. The van der Waals surface area contributed by atoms with Crippen LogP contribution in [-0.2, 0) is 9.59 Å². The molecule has 0 radical (unpaired) electrons. The van der Waals surface area contributed by atoms with Crippen LogP contribution in [0.1, 0.15) is 5.76 Å². The fourth-order valence-corrected chi connectivity index (χ4v) is 2.26. The van der Waals surface area contributed by atoms with E-state index >= 15 is 0 Å². The Kier molecular flexibility index (Phi) is 4.84. The largest absolute Gasteiger partial charge is 0.497 e. The summed E-state index contributed by atoms with van der Waals surface area (Å²) in [5, 5.41) is 17.0. The molecule has 3 rings (SSSR count). The van der Waals surface area contributed by atoms with Crippen molar-refractivity contribution in [1.82, 2.24) is 5.43 Å². The third-order valence-corrected chi connectivity index (χ3v) is 3.53. The molecule has 0 fully saturated rings. The van der Waals surface area contributed by atoms with Gasteiger partial charge in [0.25, 0.3) is 5.95 Å². The van der Waals surface area contributed by atoms with E-state index in [4.69, 9.17) is 9.15 Å². The molecule has 26 heavy (non-hydrogen) atoms. The molecule has 0 aliphatic heterocycles. The number of nitrogens with one attached hydrogen (secondary N) is 2. The first-order valence-electron chi connectivity index (χ1n) is 7.57. The molecule has 0 spiro atoms. The van der Waals surface area contributed by atoms with Crippen LogP contribution in [0.3, 0.4) is 0 Å². The number of carbonyl (C=O) groups is 2. The number of nitrogens with zero attached hydrogens (tertiary/aromatic N) is 1. The number of hydrogen-bond donors (Lipinski definition) is 3. The van der Waals surface area contributed by atoms with E-state index in [-0.39, 0.29) is 11.7 Å². The second-order valence-electron chi connectivity index (χ2n) is 5.20. The van der Waals surface area contributed by atoms with Crippen molar-refractivity contribution in [1.29, 1.82) is 0 Å². The van der Waals surface area contributed by atoms with Gasteiger partial charge in [0.15, 0.2) is 5.76 Å². The number of anilines is 1. The second kappa shape index (κ2) is 7.39. The summed E-state index contributed by atoms with van der Waals surface area (Å²) in [7, 11) is 1.53. The first-order valence-corrected chi connectivity index (χ1v) is 7.57. The van der Waals surface area contributed by atoms with Crippen LogP contribution in [0.4, 0.5) is 5.69 Å². The molecule has 0 aliphatic carbocycles. The van der Waals surface area contributed by atoms with Crippen molar-refractivity contribution in [2.24, 2.45) is 5.10 Å². The fraction of sp³-hybridized carbons (Fsp3) is 0.0556. The Hall–Kier alpha value is -3.81. The molecule has 0 atom stereocenters. The monoisotopic (exact) mass is 353 g/mol. The molecule has 1 heterocycles. The highest BCUT2D eigenvalue weighted by molar-refractivity contribution is 6.39. The first-order chi connectivity index (χ1) is 12.6. The van der Waals surface area contributed by atoms with E-state index in [9.17, 15) is 14.7 Å². The first kappa shape index (κ1) is 17.0. The maximum absolute atomic E-state index is 11.8. The summed E-state index contributed by atoms with van der Waals surface area (Å²) in [6.45, 7) is 0. The number of methoxy groups -OCH3 is 1. The number of amides is 2. The number of furan rings is 1. The van der Waals surface area contributed by atoms with E-state index in [0.717, 1.165) is 0 Å². The summed E-state index contributed by atoms with van der Waals surface area (Å²) in [5.74, 6) is -1.18. The minimum atomic E-state index is -0.947. The lowest BCUT2D eigenvalue weighted by atomic mass is 10.2. The number of carbonyl (C=O) groups excluding carboxylic acids is 2. The molecule has 0 unspecified atom stereocenters. The predicted octanol–water partition coefficient (Wildman–Crippen LogP) is 2.24. The van der Waals surface area contributed by atoms with Gasteiger partial charge in [0, 0.05) is 11.1 Å². The highest BCUT2D eigenvalue weighted by atomic mass is 16.5. The van der Waals surface area contributed by atoms with Gasteiger partial charge >= 0.3 is 11.8 Å². The van der Waals surface area contributed by atoms with E-state index < -0.39 is 11.8 Å². The summed E-state index contributed by atoms with van der Waals surface area (Å²) >= 11 is 0. The van der Waals surface area contributed by atoms with Crippen molar-refractivity contribution in [3.63, 3.8) is 0 Å². The minimum absolute atomic E-state index is 0.245. The van der Waals surface area contributed by atoms with Crippen LogP contribution in [0.5, 0.6) is 11.7 Å². The minimum Gasteiger partial charge on any atom is -0.497 e. The van der Waals surface area contributed by atoms with Gasteiger partial charge in [0.2, 0.25) is 0 Å². The van der Waals surface area contributed by atoms with Gasteiger partial charge in [0.05, 0.1) is 18.7 Å². The van der Waals surface area contributed by atoms with E-state index in [1.807, 2.05) is 0 Å². The van der Waals surface area contributed by atoms with Gasteiger partial charge in [-0.15, -0.1) is 0 Å². The number of aromatic hydroxyl groups is 1. The zero-order chi connectivity index (χ0) is 18.5. The average Bonchev–Trinajstić information content (AvgIpc) is 2.98. The van der Waals surface area contributed by atoms with Gasteiger partial charge in [-0.3, -0.25) is 9.59 Å². The zero-order valence-electron chi connectivity index (χ0n) is 13.7. The molecule has 0 saturated heterocycles. The van der Waals surface area contributed by atoms with E-state index in [0.29, 0.717) is 22.2 Å². The van der Waals surface area contributed by atoms with Crippen LogP contribution < -0.4 is 15.5 Å². The van der Waals surface area contributed by atoms with Crippen molar-refractivity contribution in [3.8, 4) is 11.7 Å². The van der Waals surface area contributed by atoms with Crippen LogP contribution in [0.2, 0.25) is 0 Å². The Labute approximate surface area is 148 Å². The van der Waals surface area contributed by atoms with Crippen LogP contribution in [0, 0.1) is 0 Å². The molecule has 132 valence electrons. The lowest BCUT2D eigenvalue weighted by molar-refractivity contribution is -0.136. The van der Waals surface area contributed by atoms with Crippen LogP contribution in [-0.4, -0.2) is 30.2 Å². The van der Waals surface area contributed by atoms with Crippen LogP contribution in [0.15, 0.2) is 58.0 Å². The third kappa shape index (κ3) is 3.64. The molecule has 0 saturated carbocycles. The number of benzene rings is 2. The molecule has 8 heteroatoms. The standard InChI is InChI=1S/C18H15N3O5/c1-25-12-8-6-11(7-9-12)20-16(22)17(23)21-19-10-15-13-4-2-3-5-14(13)18(24)26-15/h2-10,24H,1H3,(H,20,22)(H,21,23)/b19-10+. The van der Waals surface area contributed by atoms with Gasteiger partial charge in [-0.25, -0.2) is 5.43 Å². The molecule has 8 nitrogen and oxygen atoms in total. The SMILES string of the molecule is COc1ccc(NC(=O)C(=O)N/N=C/c2oc(O)c3ccccc23)cc1. The molecular formula is C18H15N3O5. The quantitative estimate of drug-likeness (QED) is 0.378. The van der Waals surface area contributed by atoms with Crippen LogP contribution in [0.25, 0.3) is 10.8 Å². The Balaban J connectivity index is 1.62. The lowest BCUT2D eigenvalue weighted by Crippen LogP contribution is -2.32. The Morgan fingerprint density at radius 3 is 2.46 bits per heavy atom.